The third-order valence-corrected chi connectivity index (χ3v) is 3.41. The van der Waals surface area contributed by atoms with E-state index in [0.29, 0.717) is 17.9 Å². The van der Waals surface area contributed by atoms with Gasteiger partial charge in [-0.05, 0) is 45.2 Å². The molecule has 5 nitrogen and oxygen atoms in total. The van der Waals surface area contributed by atoms with Crippen LogP contribution < -0.4 is 10.6 Å². The van der Waals surface area contributed by atoms with Gasteiger partial charge in [0.1, 0.15) is 5.69 Å². The average molecular weight is 341 g/mol. The second-order valence-corrected chi connectivity index (χ2v) is 5.45. The van der Waals surface area contributed by atoms with Gasteiger partial charge < -0.3 is 10.6 Å². The fraction of sp³-hybridized carbons (Fsp3) is 0.375. The summed E-state index contributed by atoms with van der Waals surface area (Å²) < 4.78 is 15.9. The molecule has 0 fully saturated rings. The number of carbonyl (C=O) groups excluding carboxylic acids is 1. The summed E-state index contributed by atoms with van der Waals surface area (Å²) in [4.78, 5) is 11.9. The number of nitrogens with zero attached hydrogens (tertiary/aromatic N) is 2. The number of hydrogen-bond acceptors (Lipinski definition) is 3. The van der Waals surface area contributed by atoms with Crippen molar-refractivity contribution in [1.29, 1.82) is 0 Å². The molecule has 0 bridgehead atoms. The van der Waals surface area contributed by atoms with Gasteiger partial charge in [0, 0.05) is 23.8 Å². The molecule has 2 N–H and O–H groups in total. The Morgan fingerprint density at radius 1 is 1.35 bits per heavy atom. The van der Waals surface area contributed by atoms with Crippen LogP contribution in [0.4, 0.5) is 10.1 Å². The minimum atomic E-state index is -0.426. The topological polar surface area (TPSA) is 59.0 Å². The van der Waals surface area contributed by atoms with Crippen molar-refractivity contribution in [2.75, 3.05) is 18.9 Å². The van der Waals surface area contributed by atoms with E-state index in [-0.39, 0.29) is 24.2 Å². The number of nitrogens with one attached hydrogen (secondary N) is 2. The molecule has 0 radical (unpaired) electrons. The number of carbonyl (C=O) groups is 1. The van der Waals surface area contributed by atoms with Crippen LogP contribution in [0.15, 0.2) is 24.3 Å². The van der Waals surface area contributed by atoms with Gasteiger partial charge in [-0.2, -0.15) is 5.10 Å². The van der Waals surface area contributed by atoms with Crippen LogP contribution in [0.25, 0.3) is 5.69 Å². The molecular formula is C16H22ClFN4O. The van der Waals surface area contributed by atoms with Gasteiger partial charge in [0.05, 0.1) is 5.69 Å². The molecule has 0 aliphatic heterocycles. The molecule has 23 heavy (non-hydrogen) atoms. The molecule has 0 saturated heterocycles. The molecule has 2 aromatic rings. The van der Waals surface area contributed by atoms with Crippen LogP contribution in [0.2, 0.25) is 0 Å². The van der Waals surface area contributed by atoms with Crippen molar-refractivity contribution >= 4 is 24.0 Å². The largest absolute Gasteiger partial charge is 0.326 e. The van der Waals surface area contributed by atoms with Gasteiger partial charge in [0.25, 0.3) is 0 Å². The van der Waals surface area contributed by atoms with E-state index in [1.807, 2.05) is 26.8 Å². The normalized spacial score (nSPS) is 11.7. The van der Waals surface area contributed by atoms with Crippen molar-refractivity contribution in [3.8, 4) is 5.69 Å². The molecule has 1 aromatic carbocycles. The maximum absolute atomic E-state index is 14.3. The Hall–Kier alpha value is -1.92. The molecule has 0 aliphatic carbocycles. The number of aromatic nitrogens is 2. The fourth-order valence-electron chi connectivity index (χ4n) is 2.29. The fourth-order valence-corrected chi connectivity index (χ4v) is 2.29. The molecule has 7 heteroatoms. The number of hydrogen-bond donors (Lipinski definition) is 2. The minimum absolute atomic E-state index is 0. The third kappa shape index (κ3) is 4.53. The lowest BCUT2D eigenvalue weighted by atomic mass is 10.1. The van der Waals surface area contributed by atoms with Gasteiger partial charge >= 0.3 is 0 Å². The zero-order chi connectivity index (χ0) is 16.3. The third-order valence-electron chi connectivity index (χ3n) is 3.41. The van der Waals surface area contributed by atoms with Gasteiger partial charge in [-0.15, -0.1) is 12.4 Å². The zero-order valence-corrected chi connectivity index (χ0v) is 14.5. The Balaban J connectivity index is 0.00000264. The predicted octanol–water partition coefficient (Wildman–Crippen LogP) is 2.84. The lowest BCUT2D eigenvalue weighted by Gasteiger charge is -2.13. The van der Waals surface area contributed by atoms with E-state index in [0.717, 1.165) is 11.4 Å². The van der Waals surface area contributed by atoms with Gasteiger partial charge in [0.2, 0.25) is 5.91 Å². The van der Waals surface area contributed by atoms with Crippen LogP contribution in [0.3, 0.4) is 0 Å². The first kappa shape index (κ1) is 19.1. The van der Waals surface area contributed by atoms with Crippen molar-refractivity contribution in [2.45, 2.75) is 20.8 Å². The van der Waals surface area contributed by atoms with E-state index >= 15 is 0 Å². The molecule has 1 atom stereocenters. The maximum atomic E-state index is 14.3. The summed E-state index contributed by atoms with van der Waals surface area (Å²) in [6.07, 6.45) is 0. The summed E-state index contributed by atoms with van der Waals surface area (Å²) in [7, 11) is 1.78. The highest BCUT2D eigenvalue weighted by Crippen LogP contribution is 2.20. The van der Waals surface area contributed by atoms with Crippen molar-refractivity contribution in [2.24, 2.45) is 5.92 Å². The number of anilines is 1. The van der Waals surface area contributed by atoms with Crippen LogP contribution in [0.5, 0.6) is 0 Å². The van der Waals surface area contributed by atoms with Crippen molar-refractivity contribution in [3.63, 3.8) is 0 Å². The van der Waals surface area contributed by atoms with Crippen molar-refractivity contribution in [1.82, 2.24) is 15.1 Å². The van der Waals surface area contributed by atoms with E-state index in [9.17, 15) is 9.18 Å². The molecule has 1 heterocycles. The van der Waals surface area contributed by atoms with Gasteiger partial charge in [-0.3, -0.25) is 4.79 Å². The van der Waals surface area contributed by atoms with E-state index < -0.39 is 5.82 Å². The molecule has 1 unspecified atom stereocenters. The molecule has 0 spiro atoms. The average Bonchev–Trinajstić information content (AvgIpc) is 2.78. The highest BCUT2D eigenvalue weighted by molar-refractivity contribution is 5.92. The number of benzene rings is 1. The van der Waals surface area contributed by atoms with Crippen LogP contribution in [0, 0.1) is 25.6 Å². The summed E-state index contributed by atoms with van der Waals surface area (Å²) in [5.74, 6) is -0.762. The number of halogens is 2. The first-order valence-electron chi connectivity index (χ1n) is 7.21. The Morgan fingerprint density at radius 2 is 2.04 bits per heavy atom. The molecule has 0 saturated carbocycles. The van der Waals surface area contributed by atoms with Crippen LogP contribution >= 0.6 is 12.4 Å². The maximum Gasteiger partial charge on any atom is 0.228 e. The van der Waals surface area contributed by atoms with Crippen LogP contribution in [0.1, 0.15) is 18.3 Å². The lowest BCUT2D eigenvalue weighted by Crippen LogP contribution is -2.28. The Labute approximate surface area is 141 Å². The number of amides is 1. The second-order valence-electron chi connectivity index (χ2n) is 5.45. The van der Waals surface area contributed by atoms with Crippen LogP contribution in [-0.4, -0.2) is 29.3 Å². The van der Waals surface area contributed by atoms with E-state index in [2.05, 4.69) is 15.7 Å². The Kier molecular flexibility index (Phi) is 6.72. The summed E-state index contributed by atoms with van der Waals surface area (Å²) >= 11 is 0. The summed E-state index contributed by atoms with van der Waals surface area (Å²) in [5, 5.41) is 9.92. The quantitative estimate of drug-likeness (QED) is 0.880. The summed E-state index contributed by atoms with van der Waals surface area (Å²) in [5.41, 5.74) is 2.49. The first-order chi connectivity index (χ1) is 10.4. The van der Waals surface area contributed by atoms with Crippen molar-refractivity contribution < 1.29 is 9.18 Å². The Bertz CT molecular complexity index is 687. The van der Waals surface area contributed by atoms with E-state index in [1.165, 1.54) is 6.07 Å². The summed E-state index contributed by atoms with van der Waals surface area (Å²) in [6, 6.07) is 6.50. The van der Waals surface area contributed by atoms with Crippen molar-refractivity contribution in [3.05, 3.63) is 41.5 Å². The van der Waals surface area contributed by atoms with Gasteiger partial charge in [0.15, 0.2) is 5.82 Å². The zero-order valence-electron chi connectivity index (χ0n) is 13.7. The monoisotopic (exact) mass is 340 g/mol. The lowest BCUT2D eigenvalue weighted by molar-refractivity contribution is -0.119. The minimum Gasteiger partial charge on any atom is -0.326 e. The molecule has 1 amide bonds. The smallest absolute Gasteiger partial charge is 0.228 e. The van der Waals surface area contributed by atoms with E-state index in [4.69, 9.17) is 0 Å². The first-order valence-corrected chi connectivity index (χ1v) is 7.21. The standard InChI is InChI=1S/C16H21FN4O.ClH/c1-10(9-18-4)16(22)19-13-5-6-15(14(17)8-13)21-12(3)7-11(2)20-21;/h5-8,10,18H,9H2,1-4H3,(H,19,22);1H. The molecular weight excluding hydrogens is 319 g/mol. The molecule has 0 aliphatic rings. The Morgan fingerprint density at radius 3 is 2.57 bits per heavy atom. The molecule has 2 rings (SSSR count). The molecule has 126 valence electrons. The van der Waals surface area contributed by atoms with Gasteiger partial charge in [-0.25, -0.2) is 9.07 Å². The van der Waals surface area contributed by atoms with E-state index in [1.54, 1.807) is 23.9 Å². The highest BCUT2D eigenvalue weighted by atomic mass is 35.5. The number of aryl methyl sites for hydroxylation is 2. The number of rotatable bonds is 5. The predicted molar refractivity (Wildman–Crippen MR) is 92.0 cm³/mol. The van der Waals surface area contributed by atoms with Gasteiger partial charge in [-0.1, -0.05) is 6.92 Å². The second kappa shape index (κ2) is 8.08. The summed E-state index contributed by atoms with van der Waals surface area (Å²) in [6.45, 7) is 6.11. The highest BCUT2D eigenvalue weighted by Gasteiger charge is 2.14. The van der Waals surface area contributed by atoms with Crippen LogP contribution in [-0.2, 0) is 4.79 Å². The molecule has 1 aromatic heterocycles. The SMILES string of the molecule is CNCC(C)C(=O)Nc1ccc(-n2nc(C)cc2C)c(F)c1.Cl.